The SMILES string of the molecule is CC1(C)OB(c2cccc3cc(-c4ccnc(NCCN5CCNC5=O)n4)sc23)OC1(C)C. The molecule has 2 fully saturated rings. The molecule has 0 unspecified atom stereocenters. The Bertz CT molecular complexity index is 1180. The predicted octanol–water partition coefficient (Wildman–Crippen LogP) is 3.09. The highest BCUT2D eigenvalue weighted by Crippen LogP contribution is 2.38. The van der Waals surface area contributed by atoms with Crippen LogP contribution in [0, 0.1) is 0 Å². The predicted molar refractivity (Wildman–Crippen MR) is 132 cm³/mol. The van der Waals surface area contributed by atoms with Crippen LogP contribution in [-0.4, -0.2) is 65.4 Å². The van der Waals surface area contributed by atoms with Crippen molar-refractivity contribution in [2.24, 2.45) is 0 Å². The minimum absolute atomic E-state index is 0.0189. The number of carbonyl (C=O) groups excluding carboxylic acids is 1. The molecule has 2 aromatic heterocycles. The number of hydrogen-bond donors (Lipinski definition) is 2. The number of urea groups is 1. The van der Waals surface area contributed by atoms with Gasteiger partial charge in [-0.2, -0.15) is 0 Å². The summed E-state index contributed by atoms with van der Waals surface area (Å²) in [6.45, 7) is 10.9. The smallest absolute Gasteiger partial charge is 0.399 e. The van der Waals surface area contributed by atoms with E-state index in [0.717, 1.165) is 32.7 Å². The Labute approximate surface area is 197 Å². The topological polar surface area (TPSA) is 88.6 Å². The van der Waals surface area contributed by atoms with Crippen LogP contribution in [0.4, 0.5) is 10.7 Å². The Morgan fingerprint density at radius 2 is 2.00 bits per heavy atom. The number of nitrogens with zero attached hydrogens (tertiary/aromatic N) is 3. The molecular weight excluding hydrogens is 437 g/mol. The number of thiophene rings is 1. The number of fused-ring (bicyclic) bond motifs is 1. The van der Waals surface area contributed by atoms with Crippen molar-refractivity contribution in [3.05, 3.63) is 36.5 Å². The van der Waals surface area contributed by atoms with Crippen molar-refractivity contribution < 1.29 is 14.1 Å². The van der Waals surface area contributed by atoms with E-state index in [2.05, 4.69) is 61.5 Å². The molecule has 1 aromatic carbocycles. The number of benzene rings is 1. The van der Waals surface area contributed by atoms with Crippen LogP contribution in [0.3, 0.4) is 0 Å². The summed E-state index contributed by atoms with van der Waals surface area (Å²) in [5, 5.41) is 7.17. The Morgan fingerprint density at radius 1 is 1.21 bits per heavy atom. The maximum Gasteiger partial charge on any atom is 0.496 e. The van der Waals surface area contributed by atoms with E-state index in [1.54, 1.807) is 22.4 Å². The number of nitrogens with one attached hydrogen (secondary N) is 2. The minimum Gasteiger partial charge on any atom is -0.399 e. The van der Waals surface area contributed by atoms with Crippen molar-refractivity contribution in [2.45, 2.75) is 38.9 Å². The Balaban J connectivity index is 1.36. The molecule has 33 heavy (non-hydrogen) atoms. The molecule has 172 valence electrons. The molecule has 10 heteroatoms. The third kappa shape index (κ3) is 4.18. The molecule has 8 nitrogen and oxygen atoms in total. The number of aromatic nitrogens is 2. The lowest BCUT2D eigenvalue weighted by Gasteiger charge is -2.32. The molecule has 0 aliphatic carbocycles. The monoisotopic (exact) mass is 465 g/mol. The molecular formula is C23H28BN5O3S. The fourth-order valence-corrected chi connectivity index (χ4v) is 5.13. The highest BCUT2D eigenvalue weighted by molar-refractivity contribution is 7.23. The van der Waals surface area contributed by atoms with Crippen LogP contribution in [0.1, 0.15) is 27.7 Å². The van der Waals surface area contributed by atoms with Gasteiger partial charge in [0.25, 0.3) is 0 Å². The van der Waals surface area contributed by atoms with E-state index in [4.69, 9.17) is 14.3 Å². The second-order valence-electron chi connectivity index (χ2n) is 9.38. The maximum atomic E-state index is 11.7. The molecule has 2 N–H and O–H groups in total. The second kappa shape index (κ2) is 8.27. The van der Waals surface area contributed by atoms with Crippen molar-refractivity contribution in [1.29, 1.82) is 0 Å². The zero-order valence-electron chi connectivity index (χ0n) is 19.3. The first-order valence-corrected chi connectivity index (χ1v) is 12.0. The van der Waals surface area contributed by atoms with Crippen molar-refractivity contribution in [1.82, 2.24) is 20.2 Å². The first-order chi connectivity index (χ1) is 15.7. The Kier molecular flexibility index (Phi) is 5.54. The molecule has 2 aliphatic heterocycles. The summed E-state index contributed by atoms with van der Waals surface area (Å²) in [6.07, 6.45) is 1.76. The average molecular weight is 465 g/mol. The lowest BCUT2D eigenvalue weighted by molar-refractivity contribution is 0.00578. The zero-order chi connectivity index (χ0) is 23.2. The summed E-state index contributed by atoms with van der Waals surface area (Å²) in [6, 6.07) is 10.3. The standard InChI is InChI=1S/C23H28BN5O3S/c1-22(2)23(3,4)32-24(31-22)16-7-5-6-15-14-18(33-19(15)16)17-8-9-25-20(28-17)26-10-12-29-13-11-27-21(29)30/h5-9,14H,10-13H2,1-4H3,(H,27,30)(H,25,26,28). The van der Waals surface area contributed by atoms with Crippen molar-refractivity contribution in [3.8, 4) is 10.6 Å². The highest BCUT2D eigenvalue weighted by Gasteiger charge is 2.52. The molecule has 5 rings (SSSR count). The molecule has 2 aliphatic rings. The normalized spacial score (nSPS) is 19.3. The van der Waals surface area contributed by atoms with Crippen molar-refractivity contribution in [2.75, 3.05) is 31.5 Å². The first kappa shape index (κ1) is 22.1. The van der Waals surface area contributed by atoms with Gasteiger partial charge in [-0.25, -0.2) is 14.8 Å². The van der Waals surface area contributed by atoms with Gasteiger partial charge in [0.15, 0.2) is 0 Å². The molecule has 0 bridgehead atoms. The van der Waals surface area contributed by atoms with Crippen LogP contribution >= 0.6 is 11.3 Å². The number of carbonyl (C=O) groups is 1. The molecule has 0 spiro atoms. The van der Waals surface area contributed by atoms with Crippen molar-refractivity contribution >= 4 is 46.0 Å². The summed E-state index contributed by atoms with van der Waals surface area (Å²) >= 11 is 1.68. The summed E-state index contributed by atoms with van der Waals surface area (Å²) in [5.74, 6) is 0.552. The third-order valence-corrected chi connectivity index (χ3v) is 7.82. The summed E-state index contributed by atoms with van der Waals surface area (Å²) in [5.41, 5.74) is 1.12. The molecule has 2 amide bonds. The molecule has 3 aromatic rings. The van der Waals surface area contributed by atoms with Gasteiger partial charge in [0.05, 0.1) is 21.8 Å². The lowest BCUT2D eigenvalue weighted by Crippen LogP contribution is -2.41. The quantitative estimate of drug-likeness (QED) is 0.544. The van der Waals surface area contributed by atoms with Gasteiger partial charge < -0.3 is 24.8 Å². The number of amides is 2. The minimum atomic E-state index is -0.407. The molecule has 0 radical (unpaired) electrons. The van der Waals surface area contributed by atoms with E-state index in [9.17, 15) is 4.79 Å². The molecule has 4 heterocycles. The van der Waals surface area contributed by atoms with E-state index < -0.39 is 7.12 Å². The van der Waals surface area contributed by atoms with Gasteiger partial charge in [0, 0.05) is 42.5 Å². The van der Waals surface area contributed by atoms with E-state index in [1.807, 2.05) is 12.1 Å². The van der Waals surface area contributed by atoms with Crippen LogP contribution in [0.5, 0.6) is 0 Å². The Hall–Kier alpha value is -2.69. The van der Waals surface area contributed by atoms with Gasteiger partial charge in [-0.1, -0.05) is 18.2 Å². The second-order valence-corrected chi connectivity index (χ2v) is 10.4. The zero-order valence-corrected chi connectivity index (χ0v) is 20.2. The lowest BCUT2D eigenvalue weighted by atomic mass is 9.78. The first-order valence-electron chi connectivity index (χ1n) is 11.2. The summed E-state index contributed by atoms with van der Waals surface area (Å²) < 4.78 is 13.7. The average Bonchev–Trinajstić information content (AvgIpc) is 3.44. The highest BCUT2D eigenvalue weighted by atomic mass is 32.1. The molecule has 0 atom stereocenters. The molecule has 2 saturated heterocycles. The van der Waals surface area contributed by atoms with Crippen LogP contribution in [-0.2, 0) is 9.31 Å². The van der Waals surface area contributed by atoms with Crippen LogP contribution in [0.15, 0.2) is 36.5 Å². The van der Waals surface area contributed by atoms with Gasteiger partial charge >= 0.3 is 13.1 Å². The van der Waals surface area contributed by atoms with E-state index >= 15 is 0 Å². The largest absolute Gasteiger partial charge is 0.496 e. The van der Waals surface area contributed by atoms with Gasteiger partial charge in [0.2, 0.25) is 5.95 Å². The van der Waals surface area contributed by atoms with Crippen LogP contribution in [0.25, 0.3) is 20.7 Å². The molecule has 0 saturated carbocycles. The third-order valence-electron chi connectivity index (χ3n) is 6.60. The Morgan fingerprint density at radius 3 is 2.73 bits per heavy atom. The van der Waals surface area contributed by atoms with Gasteiger partial charge in [0.1, 0.15) is 0 Å². The van der Waals surface area contributed by atoms with E-state index in [1.165, 1.54) is 0 Å². The maximum absolute atomic E-state index is 11.7. The van der Waals surface area contributed by atoms with Crippen LogP contribution < -0.4 is 16.1 Å². The van der Waals surface area contributed by atoms with E-state index in [0.29, 0.717) is 25.6 Å². The summed E-state index contributed by atoms with van der Waals surface area (Å²) in [4.78, 5) is 23.5. The number of hydrogen-bond acceptors (Lipinski definition) is 7. The van der Waals surface area contributed by atoms with Crippen LogP contribution in [0.2, 0.25) is 0 Å². The van der Waals surface area contributed by atoms with Crippen molar-refractivity contribution in [3.63, 3.8) is 0 Å². The number of rotatable bonds is 6. The van der Waals surface area contributed by atoms with E-state index in [-0.39, 0.29) is 17.2 Å². The van der Waals surface area contributed by atoms with Gasteiger partial charge in [-0.05, 0) is 45.2 Å². The van der Waals surface area contributed by atoms with Gasteiger partial charge in [-0.3, -0.25) is 0 Å². The number of anilines is 1. The fourth-order valence-electron chi connectivity index (χ4n) is 3.98. The van der Waals surface area contributed by atoms with Gasteiger partial charge in [-0.15, -0.1) is 11.3 Å². The summed E-state index contributed by atoms with van der Waals surface area (Å²) in [7, 11) is -0.407. The fraction of sp³-hybridized carbons (Fsp3) is 0.435.